The molecule has 0 heterocycles. The summed E-state index contributed by atoms with van der Waals surface area (Å²) in [7, 11) is -2.14. The molecule has 0 aliphatic heterocycles. The molecular weight excluding hydrogens is 303 g/mol. The summed E-state index contributed by atoms with van der Waals surface area (Å²) in [6.45, 7) is 4.33. The third kappa shape index (κ3) is 28.0. The summed E-state index contributed by atoms with van der Waals surface area (Å²) in [5, 5.41) is 7.72. The van der Waals surface area contributed by atoms with Crippen LogP contribution < -0.4 is 0 Å². The molecule has 5 nitrogen and oxygen atoms in total. The summed E-state index contributed by atoms with van der Waals surface area (Å²) >= 11 is 0. The van der Waals surface area contributed by atoms with Gasteiger partial charge in [0.1, 0.15) is 0 Å². The predicted molar refractivity (Wildman–Crippen MR) is 91.7 cm³/mol. The Morgan fingerprint density at radius 1 is 0.818 bits per heavy atom. The van der Waals surface area contributed by atoms with Gasteiger partial charge in [-0.15, -0.1) is 0 Å². The van der Waals surface area contributed by atoms with Crippen molar-refractivity contribution in [3.8, 4) is 0 Å². The molecule has 22 heavy (non-hydrogen) atoms. The molecule has 0 aromatic rings. The summed E-state index contributed by atoms with van der Waals surface area (Å²) in [6.07, 6.45) is 14.5. The molecule has 0 aromatic carbocycles. The van der Waals surface area contributed by atoms with Crippen molar-refractivity contribution in [3.63, 3.8) is 0 Å². The zero-order chi connectivity index (χ0) is 17.1. The van der Waals surface area contributed by atoms with Crippen LogP contribution in [0.3, 0.4) is 0 Å². The quantitative estimate of drug-likeness (QED) is 0.306. The van der Waals surface area contributed by atoms with Crippen molar-refractivity contribution in [3.05, 3.63) is 0 Å². The zero-order valence-electron chi connectivity index (χ0n) is 14.3. The number of hydrogen-bond acceptors (Lipinski definition) is 4. The van der Waals surface area contributed by atoms with E-state index in [9.17, 15) is 4.79 Å². The molecule has 134 valence electrons. The number of carbonyl (C=O) groups is 1. The molecular formula is C16H35O5P. The maximum atomic E-state index is 9.37. The van der Waals surface area contributed by atoms with Crippen LogP contribution >= 0.6 is 8.60 Å². The van der Waals surface area contributed by atoms with Crippen LogP contribution in [-0.2, 0) is 9.32 Å². The van der Waals surface area contributed by atoms with Crippen LogP contribution in [0.2, 0.25) is 0 Å². The first-order valence-corrected chi connectivity index (χ1v) is 9.73. The number of carboxylic acids is 1. The van der Waals surface area contributed by atoms with E-state index in [-0.39, 0.29) is 6.42 Å². The molecule has 6 heteroatoms. The third-order valence-electron chi connectivity index (χ3n) is 3.26. The van der Waals surface area contributed by atoms with Crippen molar-refractivity contribution in [1.29, 1.82) is 0 Å². The third-order valence-corrected chi connectivity index (χ3v) is 3.67. The first-order valence-electron chi connectivity index (χ1n) is 8.57. The van der Waals surface area contributed by atoms with E-state index < -0.39 is 14.6 Å². The van der Waals surface area contributed by atoms with Gasteiger partial charge in [0.2, 0.25) is 0 Å². The summed E-state index contributed by atoms with van der Waals surface area (Å²) < 4.78 is 4.70. The highest BCUT2D eigenvalue weighted by Gasteiger charge is 1.98. The molecule has 0 fully saturated rings. The molecule has 0 saturated heterocycles. The summed E-state index contributed by atoms with van der Waals surface area (Å²) in [5.41, 5.74) is 0. The van der Waals surface area contributed by atoms with E-state index in [1.807, 2.05) is 0 Å². The van der Waals surface area contributed by atoms with E-state index in [0.29, 0.717) is 6.61 Å². The number of hydrogen-bond donors (Lipinski definition) is 3. The average molecular weight is 338 g/mol. The molecule has 3 N–H and O–H groups in total. The van der Waals surface area contributed by atoms with Crippen LogP contribution in [0.1, 0.15) is 90.9 Å². The minimum atomic E-state index is -2.14. The lowest BCUT2D eigenvalue weighted by Gasteiger charge is -2.04. The maximum Gasteiger partial charge on any atom is 0.327 e. The highest BCUT2D eigenvalue weighted by atomic mass is 31.2. The lowest BCUT2D eigenvalue weighted by Crippen LogP contribution is -1.89. The molecule has 0 aliphatic carbocycles. The van der Waals surface area contributed by atoms with E-state index in [2.05, 4.69) is 6.92 Å². The maximum absolute atomic E-state index is 9.37. The molecule has 0 saturated carbocycles. The lowest BCUT2D eigenvalue weighted by atomic mass is 10.1. The lowest BCUT2D eigenvalue weighted by molar-refractivity contribution is -0.136. The van der Waals surface area contributed by atoms with Gasteiger partial charge in [0.05, 0.1) is 6.61 Å². The van der Waals surface area contributed by atoms with Gasteiger partial charge >= 0.3 is 14.6 Å². The summed E-state index contributed by atoms with van der Waals surface area (Å²) in [4.78, 5) is 26.4. The Bertz CT molecular complexity index is 225. The van der Waals surface area contributed by atoms with E-state index in [1.165, 1.54) is 57.8 Å². The van der Waals surface area contributed by atoms with Crippen molar-refractivity contribution < 1.29 is 24.2 Å². The van der Waals surface area contributed by atoms with Crippen molar-refractivity contribution >= 4 is 14.6 Å². The van der Waals surface area contributed by atoms with Gasteiger partial charge in [-0.3, -0.25) is 4.79 Å². The number of aliphatic carboxylic acids is 1. The fraction of sp³-hybridized carbons (Fsp3) is 0.938. The van der Waals surface area contributed by atoms with Crippen LogP contribution in [0.5, 0.6) is 0 Å². The highest BCUT2D eigenvalue weighted by molar-refractivity contribution is 7.39. The number of carboxylic acid groups (broad SMARTS) is 1. The van der Waals surface area contributed by atoms with E-state index in [4.69, 9.17) is 19.4 Å². The van der Waals surface area contributed by atoms with E-state index >= 15 is 0 Å². The van der Waals surface area contributed by atoms with Crippen LogP contribution in [0, 0.1) is 0 Å². The van der Waals surface area contributed by atoms with E-state index in [0.717, 1.165) is 12.8 Å². The van der Waals surface area contributed by atoms with Gasteiger partial charge in [0.25, 0.3) is 0 Å². The Morgan fingerprint density at radius 3 is 1.50 bits per heavy atom. The van der Waals surface area contributed by atoms with Gasteiger partial charge in [-0.25, -0.2) is 0 Å². The Balaban J connectivity index is 0. The summed E-state index contributed by atoms with van der Waals surface area (Å²) in [6, 6.07) is 0. The van der Waals surface area contributed by atoms with Gasteiger partial charge in [-0.1, -0.05) is 78.1 Å². The predicted octanol–water partition coefficient (Wildman–Crippen LogP) is 5.01. The van der Waals surface area contributed by atoms with Gasteiger partial charge in [0.15, 0.2) is 0 Å². The van der Waals surface area contributed by atoms with Gasteiger partial charge in [0, 0.05) is 6.42 Å². The Morgan fingerprint density at radius 2 is 1.18 bits per heavy atom. The van der Waals surface area contributed by atoms with Crippen molar-refractivity contribution in [2.45, 2.75) is 90.9 Å². The standard InChI is InChI=1S/C13H29O3P.C3H6O2/c1-2-3-4-5-6-7-8-9-10-11-12-13-16-17(14)15;1-2-3(4)5/h14-15H,2-13H2,1H3;2H2,1H3,(H,4,5). The van der Waals surface area contributed by atoms with Crippen molar-refractivity contribution in [1.82, 2.24) is 0 Å². The first-order chi connectivity index (χ1) is 10.5. The first kappa shape index (κ1) is 24.0. The minimum Gasteiger partial charge on any atom is -0.481 e. The van der Waals surface area contributed by atoms with E-state index in [1.54, 1.807) is 6.92 Å². The SMILES string of the molecule is CCC(=O)O.CCCCCCCCCCCCCOP(O)O. The molecule has 0 aliphatic rings. The molecule has 0 bridgehead atoms. The smallest absolute Gasteiger partial charge is 0.327 e. The molecule has 0 unspecified atom stereocenters. The van der Waals surface area contributed by atoms with Crippen molar-refractivity contribution in [2.24, 2.45) is 0 Å². The second-order valence-corrected chi connectivity index (χ2v) is 6.13. The highest BCUT2D eigenvalue weighted by Crippen LogP contribution is 2.24. The molecule has 0 atom stereocenters. The van der Waals surface area contributed by atoms with Crippen molar-refractivity contribution in [2.75, 3.05) is 6.61 Å². The molecule has 0 aromatic heterocycles. The number of rotatable bonds is 14. The largest absolute Gasteiger partial charge is 0.481 e. The second-order valence-electron chi connectivity index (χ2n) is 5.37. The van der Waals surface area contributed by atoms with Gasteiger partial charge < -0.3 is 19.4 Å². The fourth-order valence-corrected chi connectivity index (χ4v) is 2.20. The Labute approximate surface area is 137 Å². The van der Waals surface area contributed by atoms with Crippen LogP contribution in [0.4, 0.5) is 0 Å². The Hall–Kier alpha value is -0.220. The Kier molecular flexibility index (Phi) is 22.7. The normalized spacial score (nSPS) is 10.4. The zero-order valence-corrected chi connectivity index (χ0v) is 15.2. The molecule has 0 radical (unpaired) electrons. The molecule has 0 amide bonds. The van der Waals surface area contributed by atoms with Crippen LogP contribution in [-0.4, -0.2) is 27.5 Å². The minimum absolute atomic E-state index is 0.222. The molecule has 0 spiro atoms. The average Bonchev–Trinajstić information content (AvgIpc) is 2.48. The number of unbranched alkanes of at least 4 members (excludes halogenated alkanes) is 10. The van der Waals surface area contributed by atoms with Crippen LogP contribution in [0.15, 0.2) is 0 Å². The monoisotopic (exact) mass is 338 g/mol. The topological polar surface area (TPSA) is 87.0 Å². The van der Waals surface area contributed by atoms with Gasteiger partial charge in [-0.05, 0) is 6.42 Å². The molecule has 0 rings (SSSR count). The fourth-order valence-electron chi connectivity index (χ4n) is 1.91. The van der Waals surface area contributed by atoms with Gasteiger partial charge in [-0.2, -0.15) is 0 Å². The van der Waals surface area contributed by atoms with Crippen LogP contribution in [0.25, 0.3) is 0 Å². The second kappa shape index (κ2) is 20.8. The summed E-state index contributed by atoms with van der Waals surface area (Å²) in [5.74, 6) is -0.745.